The normalized spacial score (nSPS) is 30.1. The lowest BCUT2D eigenvalue weighted by molar-refractivity contribution is -0.0902. The molecule has 0 saturated carbocycles. The second kappa shape index (κ2) is 4.41. The monoisotopic (exact) mass is 241 g/mol. The van der Waals surface area contributed by atoms with Gasteiger partial charge < -0.3 is 14.6 Å². The van der Waals surface area contributed by atoms with Crippen LogP contribution in [-0.2, 0) is 15.9 Å². The van der Waals surface area contributed by atoms with Crippen molar-refractivity contribution in [1.29, 1.82) is 0 Å². The number of nitrogens with zero attached hydrogens (tertiary/aromatic N) is 1. The summed E-state index contributed by atoms with van der Waals surface area (Å²) >= 11 is 1.58. The molecule has 16 heavy (non-hydrogen) atoms. The zero-order chi connectivity index (χ0) is 11.0. The average Bonchev–Trinajstić information content (AvgIpc) is 2.76. The molecular weight excluding hydrogens is 226 g/mol. The molecule has 0 amide bonds. The summed E-state index contributed by atoms with van der Waals surface area (Å²) in [7, 11) is 0. The predicted molar refractivity (Wildman–Crippen MR) is 59.5 cm³/mol. The third-order valence-electron chi connectivity index (χ3n) is 3.03. The number of aliphatic hydroxyl groups is 1. The van der Waals surface area contributed by atoms with Gasteiger partial charge in [-0.1, -0.05) is 0 Å². The predicted octanol–water partition coefficient (Wildman–Crippen LogP) is 1.60. The third-order valence-corrected chi connectivity index (χ3v) is 4.32. The van der Waals surface area contributed by atoms with Crippen LogP contribution in [0.3, 0.4) is 0 Å². The SMILES string of the molecule is OC1CCCc2nc(C3COCCO3)sc21. The second-order valence-electron chi connectivity index (χ2n) is 4.21. The number of hydrogen-bond acceptors (Lipinski definition) is 5. The summed E-state index contributed by atoms with van der Waals surface area (Å²) in [5.41, 5.74) is 1.06. The van der Waals surface area contributed by atoms with E-state index in [2.05, 4.69) is 4.98 Å². The number of fused-ring (bicyclic) bond motifs is 1. The number of aliphatic hydroxyl groups excluding tert-OH is 1. The summed E-state index contributed by atoms with van der Waals surface area (Å²) in [6.45, 7) is 1.89. The fraction of sp³-hybridized carbons (Fsp3) is 0.727. The first-order chi connectivity index (χ1) is 7.84. The van der Waals surface area contributed by atoms with Gasteiger partial charge in [-0.3, -0.25) is 0 Å². The fourth-order valence-electron chi connectivity index (χ4n) is 2.18. The maximum Gasteiger partial charge on any atom is 0.132 e. The van der Waals surface area contributed by atoms with Gasteiger partial charge in [-0.2, -0.15) is 0 Å². The van der Waals surface area contributed by atoms with Crippen LogP contribution in [0, 0.1) is 0 Å². The highest BCUT2D eigenvalue weighted by Crippen LogP contribution is 2.37. The average molecular weight is 241 g/mol. The molecule has 0 spiro atoms. The van der Waals surface area contributed by atoms with Crippen LogP contribution in [0.5, 0.6) is 0 Å². The zero-order valence-electron chi connectivity index (χ0n) is 9.02. The first-order valence-corrected chi connectivity index (χ1v) is 6.53. The van der Waals surface area contributed by atoms with Crippen LogP contribution in [0.2, 0.25) is 0 Å². The summed E-state index contributed by atoms with van der Waals surface area (Å²) in [4.78, 5) is 5.62. The second-order valence-corrected chi connectivity index (χ2v) is 5.27. The van der Waals surface area contributed by atoms with E-state index in [1.807, 2.05) is 0 Å². The van der Waals surface area contributed by atoms with Crippen molar-refractivity contribution in [3.63, 3.8) is 0 Å². The van der Waals surface area contributed by atoms with Crippen molar-refractivity contribution in [3.8, 4) is 0 Å². The van der Waals surface area contributed by atoms with Crippen LogP contribution in [0.25, 0.3) is 0 Å². The number of rotatable bonds is 1. The Bertz CT molecular complexity index is 373. The van der Waals surface area contributed by atoms with E-state index in [0.717, 1.165) is 34.8 Å². The Kier molecular flexibility index (Phi) is 2.93. The zero-order valence-corrected chi connectivity index (χ0v) is 9.83. The molecule has 1 saturated heterocycles. The van der Waals surface area contributed by atoms with Crippen molar-refractivity contribution in [2.45, 2.75) is 31.5 Å². The van der Waals surface area contributed by atoms with Crippen LogP contribution in [0.15, 0.2) is 0 Å². The maximum atomic E-state index is 9.87. The van der Waals surface area contributed by atoms with Gasteiger partial charge >= 0.3 is 0 Å². The van der Waals surface area contributed by atoms with Gasteiger partial charge in [-0.15, -0.1) is 11.3 Å². The Morgan fingerprint density at radius 1 is 1.38 bits per heavy atom. The molecule has 2 atom stereocenters. The highest BCUT2D eigenvalue weighted by Gasteiger charge is 2.27. The smallest absolute Gasteiger partial charge is 0.132 e. The largest absolute Gasteiger partial charge is 0.388 e. The minimum absolute atomic E-state index is 0.0310. The van der Waals surface area contributed by atoms with Gasteiger partial charge in [0.1, 0.15) is 11.1 Å². The van der Waals surface area contributed by atoms with E-state index in [0.29, 0.717) is 19.8 Å². The van der Waals surface area contributed by atoms with Crippen LogP contribution in [-0.4, -0.2) is 29.9 Å². The summed E-state index contributed by atoms with van der Waals surface area (Å²) in [5, 5.41) is 10.8. The molecule has 1 aliphatic carbocycles. The third kappa shape index (κ3) is 1.88. The van der Waals surface area contributed by atoms with Crippen molar-refractivity contribution in [2.75, 3.05) is 19.8 Å². The molecule has 5 heteroatoms. The molecule has 1 fully saturated rings. The van der Waals surface area contributed by atoms with Gasteiger partial charge in [0.05, 0.1) is 36.5 Å². The van der Waals surface area contributed by atoms with E-state index in [-0.39, 0.29) is 12.2 Å². The topological polar surface area (TPSA) is 51.6 Å². The molecule has 2 unspecified atom stereocenters. The maximum absolute atomic E-state index is 9.87. The van der Waals surface area contributed by atoms with Crippen LogP contribution >= 0.6 is 11.3 Å². The quantitative estimate of drug-likeness (QED) is 0.811. The molecule has 2 aliphatic rings. The highest BCUT2D eigenvalue weighted by molar-refractivity contribution is 7.11. The molecule has 0 bridgehead atoms. The lowest BCUT2D eigenvalue weighted by atomic mass is 10.0. The Hall–Kier alpha value is -0.490. The minimum atomic E-state index is -0.320. The van der Waals surface area contributed by atoms with E-state index in [4.69, 9.17) is 9.47 Å². The van der Waals surface area contributed by atoms with E-state index in [9.17, 15) is 5.11 Å². The molecule has 88 valence electrons. The molecule has 2 heterocycles. The molecule has 1 N–H and O–H groups in total. The van der Waals surface area contributed by atoms with Gasteiger partial charge in [-0.25, -0.2) is 4.98 Å². The van der Waals surface area contributed by atoms with Gasteiger partial charge in [-0.05, 0) is 19.3 Å². The van der Waals surface area contributed by atoms with Crippen LogP contribution in [0.4, 0.5) is 0 Å². The fourth-order valence-corrected chi connectivity index (χ4v) is 3.35. The van der Waals surface area contributed by atoms with Crippen molar-refractivity contribution in [3.05, 3.63) is 15.6 Å². The van der Waals surface area contributed by atoms with E-state index < -0.39 is 0 Å². The van der Waals surface area contributed by atoms with E-state index in [1.165, 1.54) is 0 Å². The number of thiazole rings is 1. The van der Waals surface area contributed by atoms with Crippen molar-refractivity contribution < 1.29 is 14.6 Å². The summed E-state index contributed by atoms with van der Waals surface area (Å²) in [5.74, 6) is 0. The Labute approximate surface area is 98.2 Å². The first-order valence-electron chi connectivity index (χ1n) is 5.71. The first kappa shape index (κ1) is 10.7. The molecule has 0 radical (unpaired) electrons. The van der Waals surface area contributed by atoms with Gasteiger partial charge in [0.15, 0.2) is 0 Å². The van der Waals surface area contributed by atoms with Crippen molar-refractivity contribution in [2.24, 2.45) is 0 Å². The minimum Gasteiger partial charge on any atom is -0.388 e. The molecule has 4 nitrogen and oxygen atoms in total. The highest BCUT2D eigenvalue weighted by atomic mass is 32.1. The molecule has 1 aromatic heterocycles. The Balaban J connectivity index is 1.85. The molecule has 1 aromatic rings. The van der Waals surface area contributed by atoms with Crippen molar-refractivity contribution in [1.82, 2.24) is 4.98 Å². The lowest BCUT2D eigenvalue weighted by Crippen LogP contribution is -2.21. The lowest BCUT2D eigenvalue weighted by Gasteiger charge is -2.20. The number of ether oxygens (including phenoxy) is 2. The van der Waals surface area contributed by atoms with Gasteiger partial charge in [0.2, 0.25) is 0 Å². The summed E-state index contributed by atoms with van der Waals surface area (Å²) < 4.78 is 11.0. The molecular formula is C11H15NO3S. The molecule has 3 rings (SSSR count). The summed E-state index contributed by atoms with van der Waals surface area (Å²) in [6.07, 6.45) is 2.52. The van der Waals surface area contributed by atoms with Gasteiger partial charge in [0.25, 0.3) is 0 Å². The number of aryl methyl sites for hydroxylation is 1. The number of aromatic nitrogens is 1. The standard InChI is InChI=1S/C11H15NO3S/c13-8-3-1-2-7-10(8)16-11(12-7)9-6-14-4-5-15-9/h8-9,13H,1-6H2. The molecule has 0 aromatic carbocycles. The van der Waals surface area contributed by atoms with E-state index in [1.54, 1.807) is 11.3 Å². The Morgan fingerprint density at radius 3 is 3.06 bits per heavy atom. The van der Waals surface area contributed by atoms with Crippen LogP contribution < -0.4 is 0 Å². The Morgan fingerprint density at radius 2 is 2.31 bits per heavy atom. The van der Waals surface area contributed by atoms with Crippen molar-refractivity contribution >= 4 is 11.3 Å². The van der Waals surface area contributed by atoms with Gasteiger partial charge in [0, 0.05) is 0 Å². The van der Waals surface area contributed by atoms with E-state index >= 15 is 0 Å². The van der Waals surface area contributed by atoms with Crippen LogP contribution in [0.1, 0.15) is 40.6 Å². The number of hydrogen-bond donors (Lipinski definition) is 1. The molecule has 1 aliphatic heterocycles. The summed E-state index contributed by atoms with van der Waals surface area (Å²) in [6, 6.07) is 0.